The van der Waals surface area contributed by atoms with Crippen LogP contribution < -0.4 is 20.5 Å². The molecule has 8 heteroatoms. The standard InChI is InChI=1S/C22H26N4O3S/c1-2-3-12-24-19-14-17(16-26-21-11-7-8-13-25-21)15-20(30(23,27)28)22(19)29-18-9-5-4-6-10-18/h4-11,13-15,24H,2-3,12,16H2,1H3,(H,25,26)(H2,23,27,28). The second-order valence-corrected chi connectivity index (χ2v) is 8.31. The molecule has 4 N–H and O–H groups in total. The van der Waals surface area contributed by atoms with Crippen molar-refractivity contribution in [2.45, 2.75) is 31.2 Å². The van der Waals surface area contributed by atoms with E-state index in [4.69, 9.17) is 9.88 Å². The molecule has 0 bridgehead atoms. The summed E-state index contributed by atoms with van der Waals surface area (Å²) in [6.07, 6.45) is 3.63. The van der Waals surface area contributed by atoms with Crippen LogP contribution in [0.3, 0.4) is 0 Å². The Balaban J connectivity index is 1.99. The number of primary sulfonamides is 1. The Morgan fingerprint density at radius 2 is 1.80 bits per heavy atom. The first-order chi connectivity index (χ1) is 14.5. The number of hydrogen-bond donors (Lipinski definition) is 3. The van der Waals surface area contributed by atoms with Gasteiger partial charge in [0.25, 0.3) is 0 Å². The van der Waals surface area contributed by atoms with Crippen molar-refractivity contribution in [2.24, 2.45) is 5.14 Å². The maximum atomic E-state index is 12.4. The Morgan fingerprint density at radius 3 is 2.47 bits per heavy atom. The average Bonchev–Trinajstić information content (AvgIpc) is 2.74. The Hall–Kier alpha value is -3.10. The lowest BCUT2D eigenvalue weighted by Gasteiger charge is -2.18. The highest BCUT2D eigenvalue weighted by Gasteiger charge is 2.21. The van der Waals surface area contributed by atoms with E-state index in [1.807, 2.05) is 42.5 Å². The number of nitrogens with one attached hydrogen (secondary N) is 2. The molecular formula is C22H26N4O3S. The predicted molar refractivity (Wildman–Crippen MR) is 119 cm³/mol. The average molecular weight is 427 g/mol. The zero-order chi connectivity index (χ0) is 21.4. The first-order valence-corrected chi connectivity index (χ1v) is 11.3. The third kappa shape index (κ3) is 5.95. The van der Waals surface area contributed by atoms with Crippen molar-refractivity contribution in [3.05, 3.63) is 72.4 Å². The van der Waals surface area contributed by atoms with Gasteiger partial charge in [0.05, 0.1) is 5.69 Å². The van der Waals surface area contributed by atoms with Gasteiger partial charge in [-0.25, -0.2) is 18.5 Å². The highest BCUT2D eigenvalue weighted by molar-refractivity contribution is 7.89. The van der Waals surface area contributed by atoms with E-state index in [1.54, 1.807) is 18.3 Å². The van der Waals surface area contributed by atoms with E-state index >= 15 is 0 Å². The van der Waals surface area contributed by atoms with Crippen molar-refractivity contribution in [3.63, 3.8) is 0 Å². The molecule has 0 unspecified atom stereocenters. The minimum atomic E-state index is -4.02. The van der Waals surface area contributed by atoms with Crippen molar-refractivity contribution < 1.29 is 13.2 Å². The minimum absolute atomic E-state index is 0.0642. The van der Waals surface area contributed by atoms with Crippen LogP contribution in [0.25, 0.3) is 0 Å². The van der Waals surface area contributed by atoms with E-state index in [2.05, 4.69) is 22.5 Å². The Kier molecular flexibility index (Phi) is 7.26. The number of rotatable bonds is 10. The highest BCUT2D eigenvalue weighted by atomic mass is 32.2. The second-order valence-electron chi connectivity index (χ2n) is 6.78. The summed E-state index contributed by atoms with van der Waals surface area (Å²) in [5, 5.41) is 12.0. The van der Waals surface area contributed by atoms with E-state index in [-0.39, 0.29) is 10.6 Å². The van der Waals surface area contributed by atoms with Gasteiger partial charge in [0.1, 0.15) is 16.5 Å². The van der Waals surface area contributed by atoms with Gasteiger partial charge >= 0.3 is 0 Å². The van der Waals surface area contributed by atoms with Crippen molar-refractivity contribution >= 4 is 21.5 Å². The van der Waals surface area contributed by atoms with Crippen molar-refractivity contribution in [1.82, 2.24) is 4.98 Å². The molecule has 1 aromatic heterocycles. The number of benzene rings is 2. The lowest BCUT2D eigenvalue weighted by Crippen LogP contribution is -2.16. The number of unbranched alkanes of at least 4 members (excludes halogenated alkanes) is 1. The largest absolute Gasteiger partial charge is 0.454 e. The number of pyridine rings is 1. The molecule has 0 aliphatic rings. The van der Waals surface area contributed by atoms with Gasteiger partial charge < -0.3 is 15.4 Å². The van der Waals surface area contributed by atoms with E-state index in [0.29, 0.717) is 30.3 Å². The monoisotopic (exact) mass is 426 g/mol. The van der Waals surface area contributed by atoms with E-state index < -0.39 is 10.0 Å². The number of ether oxygens (including phenoxy) is 1. The minimum Gasteiger partial charge on any atom is -0.454 e. The number of nitrogens with zero attached hydrogens (tertiary/aromatic N) is 1. The Bertz CT molecular complexity index is 1060. The predicted octanol–water partition coefficient (Wildman–Crippen LogP) is 4.35. The molecule has 0 spiro atoms. The summed E-state index contributed by atoms with van der Waals surface area (Å²) in [6.45, 7) is 3.16. The molecule has 0 aliphatic carbocycles. The van der Waals surface area contributed by atoms with Crippen LogP contribution >= 0.6 is 0 Å². The van der Waals surface area contributed by atoms with Crippen LogP contribution in [0.2, 0.25) is 0 Å². The van der Waals surface area contributed by atoms with Gasteiger partial charge in [-0.1, -0.05) is 37.6 Å². The fraction of sp³-hybridized carbons (Fsp3) is 0.227. The summed E-state index contributed by atoms with van der Waals surface area (Å²) in [5.41, 5.74) is 1.32. The van der Waals surface area contributed by atoms with Crippen LogP contribution in [0.1, 0.15) is 25.3 Å². The van der Waals surface area contributed by atoms with E-state index in [1.165, 1.54) is 6.07 Å². The Morgan fingerprint density at radius 1 is 1.03 bits per heavy atom. The Labute approximate surface area is 177 Å². The molecular weight excluding hydrogens is 400 g/mol. The summed E-state index contributed by atoms with van der Waals surface area (Å²) in [7, 11) is -4.02. The molecule has 0 aliphatic heterocycles. The molecule has 30 heavy (non-hydrogen) atoms. The van der Waals surface area contributed by atoms with Crippen LogP contribution in [0.4, 0.5) is 11.5 Å². The molecule has 3 aromatic rings. The molecule has 3 rings (SSSR count). The molecule has 0 amide bonds. The van der Waals surface area contributed by atoms with Gasteiger partial charge in [0.15, 0.2) is 5.75 Å². The lowest BCUT2D eigenvalue weighted by atomic mass is 10.1. The summed E-state index contributed by atoms with van der Waals surface area (Å²) >= 11 is 0. The molecule has 7 nitrogen and oxygen atoms in total. The van der Waals surface area contributed by atoms with Gasteiger partial charge in [-0.3, -0.25) is 0 Å². The number of anilines is 2. The first kappa shape index (κ1) is 21.6. The fourth-order valence-electron chi connectivity index (χ4n) is 2.88. The second kappa shape index (κ2) is 10.1. The quantitative estimate of drug-likeness (QED) is 0.416. The zero-order valence-electron chi connectivity index (χ0n) is 16.8. The summed E-state index contributed by atoms with van der Waals surface area (Å²) < 4.78 is 30.7. The third-order valence-electron chi connectivity index (χ3n) is 4.37. The highest BCUT2D eigenvalue weighted by Crippen LogP contribution is 2.37. The van der Waals surface area contributed by atoms with Gasteiger partial charge in [0, 0.05) is 19.3 Å². The molecule has 0 fully saturated rings. The van der Waals surface area contributed by atoms with Crippen LogP contribution in [-0.4, -0.2) is 19.9 Å². The number of aromatic nitrogens is 1. The van der Waals surface area contributed by atoms with Crippen molar-refractivity contribution in [1.29, 1.82) is 0 Å². The molecule has 0 saturated heterocycles. The summed E-state index contributed by atoms with van der Waals surface area (Å²) in [4.78, 5) is 4.16. The number of para-hydroxylation sites is 1. The van der Waals surface area contributed by atoms with Crippen LogP contribution in [-0.2, 0) is 16.6 Å². The maximum Gasteiger partial charge on any atom is 0.241 e. The maximum absolute atomic E-state index is 12.4. The number of nitrogens with two attached hydrogens (primary N) is 1. The fourth-order valence-corrected chi connectivity index (χ4v) is 3.60. The smallest absolute Gasteiger partial charge is 0.241 e. The molecule has 0 atom stereocenters. The first-order valence-electron chi connectivity index (χ1n) is 9.79. The third-order valence-corrected chi connectivity index (χ3v) is 5.28. The van der Waals surface area contributed by atoms with Crippen molar-refractivity contribution in [3.8, 4) is 11.5 Å². The molecule has 0 saturated carbocycles. The summed E-state index contributed by atoms with van der Waals surface area (Å²) in [6, 6.07) is 18.0. The molecule has 2 aromatic carbocycles. The van der Waals surface area contributed by atoms with Gasteiger partial charge in [-0.2, -0.15) is 0 Å². The topological polar surface area (TPSA) is 106 Å². The zero-order valence-corrected chi connectivity index (χ0v) is 17.7. The normalized spacial score (nSPS) is 11.1. The van der Waals surface area contributed by atoms with Crippen LogP contribution in [0, 0.1) is 0 Å². The molecule has 158 valence electrons. The number of sulfonamides is 1. The van der Waals surface area contributed by atoms with Crippen molar-refractivity contribution in [2.75, 3.05) is 17.2 Å². The SMILES string of the molecule is CCCCNc1cc(CNc2ccccn2)cc(S(N)(=O)=O)c1Oc1ccccc1. The number of hydrogen-bond acceptors (Lipinski definition) is 6. The van der Waals surface area contributed by atoms with E-state index in [9.17, 15) is 8.42 Å². The molecule has 1 heterocycles. The van der Waals surface area contributed by atoms with Gasteiger partial charge in [-0.15, -0.1) is 0 Å². The van der Waals surface area contributed by atoms with E-state index in [0.717, 1.165) is 18.4 Å². The van der Waals surface area contributed by atoms with Gasteiger partial charge in [0.2, 0.25) is 10.0 Å². The van der Waals surface area contributed by atoms with Gasteiger partial charge in [-0.05, 0) is 48.4 Å². The summed E-state index contributed by atoms with van der Waals surface area (Å²) in [5.74, 6) is 1.42. The lowest BCUT2D eigenvalue weighted by molar-refractivity contribution is 0.469. The van der Waals surface area contributed by atoms with Crippen LogP contribution in [0.15, 0.2) is 71.8 Å². The van der Waals surface area contributed by atoms with Crippen LogP contribution in [0.5, 0.6) is 11.5 Å². The molecule has 0 radical (unpaired) electrons.